The molecule has 0 unspecified atom stereocenters. The van der Waals surface area contributed by atoms with Crippen molar-refractivity contribution in [3.05, 3.63) is 47.8 Å². The van der Waals surface area contributed by atoms with Gasteiger partial charge in [0.05, 0.1) is 25.0 Å². The van der Waals surface area contributed by atoms with Crippen molar-refractivity contribution < 1.29 is 9.53 Å². The number of carbonyl (C=O) groups excluding carboxylic acids is 1. The first-order chi connectivity index (χ1) is 11.1. The maximum atomic E-state index is 12.3. The van der Waals surface area contributed by atoms with Crippen LogP contribution in [-0.4, -0.2) is 53.9 Å². The van der Waals surface area contributed by atoms with Crippen LogP contribution in [0.5, 0.6) is 0 Å². The van der Waals surface area contributed by atoms with E-state index in [1.807, 2.05) is 7.05 Å². The maximum absolute atomic E-state index is 12.3. The van der Waals surface area contributed by atoms with Crippen molar-refractivity contribution >= 4 is 11.6 Å². The minimum atomic E-state index is -0.0182. The number of hydrogen-bond acceptors (Lipinski definition) is 4. The number of rotatable bonds is 4. The van der Waals surface area contributed by atoms with Crippen molar-refractivity contribution in [2.24, 2.45) is 7.05 Å². The van der Waals surface area contributed by atoms with Crippen LogP contribution in [0.15, 0.2) is 36.7 Å². The third kappa shape index (κ3) is 3.71. The second-order valence-corrected chi connectivity index (χ2v) is 5.83. The van der Waals surface area contributed by atoms with Gasteiger partial charge in [-0.2, -0.15) is 5.10 Å². The van der Waals surface area contributed by atoms with Crippen molar-refractivity contribution in [2.45, 2.75) is 6.54 Å². The molecule has 6 nitrogen and oxygen atoms in total. The van der Waals surface area contributed by atoms with Crippen molar-refractivity contribution in [2.75, 3.05) is 38.3 Å². The predicted octanol–water partition coefficient (Wildman–Crippen LogP) is 1.53. The van der Waals surface area contributed by atoms with E-state index >= 15 is 0 Å². The lowest BCUT2D eigenvalue weighted by Gasteiger charge is -2.29. The number of ether oxygens (including phenoxy) is 1. The molecule has 1 aliphatic heterocycles. The lowest BCUT2D eigenvalue weighted by atomic mass is 10.1. The summed E-state index contributed by atoms with van der Waals surface area (Å²) in [6.45, 7) is 4.00. The summed E-state index contributed by atoms with van der Waals surface area (Å²) >= 11 is 0. The monoisotopic (exact) mass is 314 g/mol. The molecule has 0 radical (unpaired) electrons. The van der Waals surface area contributed by atoms with Gasteiger partial charge in [-0.15, -0.1) is 0 Å². The van der Waals surface area contributed by atoms with Gasteiger partial charge in [-0.3, -0.25) is 9.48 Å². The van der Waals surface area contributed by atoms with Gasteiger partial charge in [-0.05, 0) is 17.7 Å². The Morgan fingerprint density at radius 2 is 1.96 bits per heavy atom. The quantitative estimate of drug-likeness (QED) is 0.859. The van der Waals surface area contributed by atoms with Gasteiger partial charge in [0.1, 0.15) is 0 Å². The molecular weight excluding hydrogens is 292 g/mol. The fourth-order valence-corrected chi connectivity index (χ4v) is 2.73. The minimum Gasteiger partial charge on any atom is -0.378 e. The minimum absolute atomic E-state index is 0.0182. The molecule has 23 heavy (non-hydrogen) atoms. The van der Waals surface area contributed by atoms with Crippen molar-refractivity contribution in [3.8, 4) is 0 Å². The van der Waals surface area contributed by atoms with E-state index in [4.69, 9.17) is 4.74 Å². The SMILES string of the molecule is CN(Cc1ccc(N2CCOCC2)cc1)C(=O)c1cnn(C)c1. The lowest BCUT2D eigenvalue weighted by molar-refractivity contribution is 0.0785. The highest BCUT2D eigenvalue weighted by Gasteiger charge is 2.14. The van der Waals surface area contributed by atoms with E-state index in [2.05, 4.69) is 34.3 Å². The molecule has 1 aromatic carbocycles. The Balaban J connectivity index is 1.62. The molecule has 0 saturated carbocycles. The zero-order valence-corrected chi connectivity index (χ0v) is 13.6. The normalized spacial score (nSPS) is 14.8. The molecule has 1 amide bonds. The van der Waals surface area contributed by atoms with Gasteiger partial charge in [0.25, 0.3) is 5.91 Å². The Kier molecular flexibility index (Phi) is 4.62. The topological polar surface area (TPSA) is 50.6 Å². The third-order valence-electron chi connectivity index (χ3n) is 4.03. The second-order valence-electron chi connectivity index (χ2n) is 5.83. The number of benzene rings is 1. The average molecular weight is 314 g/mol. The standard InChI is InChI=1S/C17H22N4O2/c1-19(17(22)15-11-18-20(2)13-15)12-14-3-5-16(6-4-14)21-7-9-23-10-8-21/h3-6,11,13H,7-10,12H2,1-2H3. The molecule has 122 valence electrons. The van der Waals surface area contributed by atoms with E-state index in [0.717, 1.165) is 31.9 Å². The summed E-state index contributed by atoms with van der Waals surface area (Å²) < 4.78 is 7.01. The van der Waals surface area contributed by atoms with Crippen LogP contribution in [0.2, 0.25) is 0 Å². The molecule has 1 saturated heterocycles. The number of nitrogens with zero attached hydrogens (tertiary/aromatic N) is 4. The van der Waals surface area contributed by atoms with Crippen LogP contribution in [0.4, 0.5) is 5.69 Å². The molecule has 1 aromatic heterocycles. The van der Waals surface area contributed by atoms with E-state index in [-0.39, 0.29) is 5.91 Å². The first-order valence-corrected chi connectivity index (χ1v) is 7.79. The predicted molar refractivity (Wildman–Crippen MR) is 88.5 cm³/mol. The van der Waals surface area contributed by atoms with Crippen molar-refractivity contribution in [1.82, 2.24) is 14.7 Å². The van der Waals surface area contributed by atoms with Crippen LogP contribution in [0.25, 0.3) is 0 Å². The molecular formula is C17H22N4O2. The van der Waals surface area contributed by atoms with Gasteiger partial charge >= 0.3 is 0 Å². The third-order valence-corrected chi connectivity index (χ3v) is 4.03. The number of amides is 1. The maximum Gasteiger partial charge on any atom is 0.257 e. The lowest BCUT2D eigenvalue weighted by Crippen LogP contribution is -2.36. The van der Waals surface area contributed by atoms with Gasteiger partial charge in [0, 0.05) is 45.6 Å². The first-order valence-electron chi connectivity index (χ1n) is 7.79. The van der Waals surface area contributed by atoms with E-state index in [9.17, 15) is 4.79 Å². The summed E-state index contributed by atoms with van der Waals surface area (Å²) in [6, 6.07) is 8.39. The van der Waals surface area contributed by atoms with Crippen LogP contribution in [0.3, 0.4) is 0 Å². The molecule has 3 rings (SSSR count). The Bertz CT molecular complexity index is 659. The molecule has 0 atom stereocenters. The molecule has 0 N–H and O–H groups in total. The molecule has 0 aliphatic carbocycles. The van der Waals surface area contributed by atoms with Crippen molar-refractivity contribution in [3.63, 3.8) is 0 Å². The molecule has 0 bridgehead atoms. The van der Waals surface area contributed by atoms with Crippen LogP contribution < -0.4 is 4.90 Å². The highest BCUT2D eigenvalue weighted by molar-refractivity contribution is 5.93. The van der Waals surface area contributed by atoms with E-state index in [1.165, 1.54) is 5.69 Å². The van der Waals surface area contributed by atoms with Crippen LogP contribution >= 0.6 is 0 Å². The van der Waals surface area contributed by atoms with E-state index < -0.39 is 0 Å². The molecule has 1 aliphatic rings. The second kappa shape index (κ2) is 6.83. The fourth-order valence-electron chi connectivity index (χ4n) is 2.73. The number of hydrogen-bond donors (Lipinski definition) is 0. The molecule has 6 heteroatoms. The van der Waals surface area contributed by atoms with E-state index in [1.54, 1.807) is 29.0 Å². The number of aromatic nitrogens is 2. The number of aryl methyl sites for hydroxylation is 1. The number of anilines is 1. The van der Waals surface area contributed by atoms with E-state index in [0.29, 0.717) is 12.1 Å². The smallest absolute Gasteiger partial charge is 0.257 e. The zero-order valence-electron chi connectivity index (χ0n) is 13.6. The summed E-state index contributed by atoms with van der Waals surface area (Å²) in [6.07, 6.45) is 3.33. The van der Waals surface area contributed by atoms with Crippen LogP contribution in [0.1, 0.15) is 15.9 Å². The highest BCUT2D eigenvalue weighted by atomic mass is 16.5. The summed E-state index contributed by atoms with van der Waals surface area (Å²) in [5.74, 6) is -0.0182. The number of carbonyl (C=O) groups is 1. The summed E-state index contributed by atoms with van der Waals surface area (Å²) in [4.78, 5) is 16.4. The molecule has 2 heterocycles. The summed E-state index contributed by atoms with van der Waals surface area (Å²) in [5.41, 5.74) is 2.93. The Morgan fingerprint density at radius 1 is 1.26 bits per heavy atom. The van der Waals surface area contributed by atoms with Crippen LogP contribution in [-0.2, 0) is 18.3 Å². The summed E-state index contributed by atoms with van der Waals surface area (Å²) in [7, 11) is 3.62. The molecule has 0 spiro atoms. The van der Waals surface area contributed by atoms with Gasteiger partial charge in [-0.25, -0.2) is 0 Å². The molecule has 2 aromatic rings. The number of morpholine rings is 1. The highest BCUT2D eigenvalue weighted by Crippen LogP contribution is 2.17. The fraction of sp³-hybridized carbons (Fsp3) is 0.412. The Morgan fingerprint density at radius 3 is 2.57 bits per heavy atom. The largest absolute Gasteiger partial charge is 0.378 e. The molecule has 1 fully saturated rings. The van der Waals surface area contributed by atoms with Crippen LogP contribution in [0, 0.1) is 0 Å². The first kappa shape index (κ1) is 15.6. The average Bonchev–Trinajstić information content (AvgIpc) is 3.02. The Hall–Kier alpha value is -2.34. The van der Waals surface area contributed by atoms with Gasteiger partial charge in [0.2, 0.25) is 0 Å². The zero-order chi connectivity index (χ0) is 16.2. The van der Waals surface area contributed by atoms with Gasteiger partial charge in [0.15, 0.2) is 0 Å². The van der Waals surface area contributed by atoms with Gasteiger partial charge in [-0.1, -0.05) is 12.1 Å². The van der Waals surface area contributed by atoms with Crippen molar-refractivity contribution in [1.29, 1.82) is 0 Å². The Labute approximate surface area is 136 Å². The summed E-state index contributed by atoms with van der Waals surface area (Å²) in [5, 5.41) is 4.04. The van der Waals surface area contributed by atoms with Gasteiger partial charge < -0.3 is 14.5 Å².